The van der Waals surface area contributed by atoms with Crippen molar-refractivity contribution in [2.45, 2.75) is 38.8 Å². The van der Waals surface area contributed by atoms with Crippen LogP contribution in [-0.2, 0) is 12.0 Å². The first-order chi connectivity index (χ1) is 12.5. The summed E-state index contributed by atoms with van der Waals surface area (Å²) >= 11 is 0. The average Bonchev–Trinajstić information content (AvgIpc) is 3.20. The first-order valence-corrected chi connectivity index (χ1v) is 8.73. The summed E-state index contributed by atoms with van der Waals surface area (Å²) in [4.78, 5) is 4.35. The number of fused-ring (bicyclic) bond motifs is 1. The van der Waals surface area contributed by atoms with E-state index in [1.165, 1.54) is 5.56 Å². The van der Waals surface area contributed by atoms with Gasteiger partial charge in [-0.05, 0) is 29.2 Å². The summed E-state index contributed by atoms with van der Waals surface area (Å²) in [5, 5.41) is 7.75. The maximum atomic E-state index is 5.92. The fourth-order valence-electron chi connectivity index (χ4n) is 3.02. The van der Waals surface area contributed by atoms with Gasteiger partial charge in [0.05, 0.1) is 30.8 Å². The standard InChI is InChI=1S/C20H22N4O2/c1-20(2,3)15-4-6-16(7-5-15)25-13-17-12-24-18(11-21-19(24)26-17)14-8-9-22-23-10-14/h4-11,17H,12-13H2,1-3H3/t17-/m0/s1. The Morgan fingerprint density at radius 3 is 2.62 bits per heavy atom. The highest BCUT2D eigenvalue weighted by Gasteiger charge is 2.27. The second kappa shape index (κ2) is 6.44. The molecule has 0 spiro atoms. The lowest BCUT2D eigenvalue weighted by atomic mass is 9.87. The second-order valence-corrected chi connectivity index (χ2v) is 7.49. The number of rotatable bonds is 4. The maximum absolute atomic E-state index is 5.92. The highest BCUT2D eigenvalue weighted by molar-refractivity contribution is 5.58. The highest BCUT2D eigenvalue weighted by atomic mass is 16.6. The van der Waals surface area contributed by atoms with Crippen molar-refractivity contribution < 1.29 is 9.47 Å². The Balaban J connectivity index is 1.40. The van der Waals surface area contributed by atoms with Gasteiger partial charge in [-0.15, -0.1) is 0 Å². The third-order valence-corrected chi connectivity index (χ3v) is 4.51. The average molecular weight is 350 g/mol. The lowest BCUT2D eigenvalue weighted by molar-refractivity contribution is 0.143. The number of benzene rings is 1. The van der Waals surface area contributed by atoms with E-state index in [4.69, 9.17) is 9.47 Å². The van der Waals surface area contributed by atoms with E-state index in [1.54, 1.807) is 18.6 Å². The monoisotopic (exact) mass is 350 g/mol. The molecule has 3 aromatic rings. The molecule has 134 valence electrons. The van der Waals surface area contributed by atoms with Crippen molar-refractivity contribution in [2.24, 2.45) is 0 Å². The number of nitrogens with zero attached hydrogens (tertiary/aromatic N) is 4. The van der Waals surface area contributed by atoms with Crippen molar-refractivity contribution in [3.05, 3.63) is 54.5 Å². The number of ether oxygens (including phenoxy) is 2. The molecule has 2 aromatic heterocycles. The van der Waals surface area contributed by atoms with Gasteiger partial charge in [-0.2, -0.15) is 10.2 Å². The Kier molecular flexibility index (Phi) is 4.11. The summed E-state index contributed by atoms with van der Waals surface area (Å²) < 4.78 is 13.9. The highest BCUT2D eigenvalue weighted by Crippen LogP contribution is 2.29. The molecular formula is C20H22N4O2. The van der Waals surface area contributed by atoms with Gasteiger partial charge in [0.15, 0.2) is 6.10 Å². The number of imidazole rings is 1. The number of hydrogen-bond donors (Lipinski definition) is 0. The molecule has 26 heavy (non-hydrogen) atoms. The zero-order valence-corrected chi connectivity index (χ0v) is 15.2. The van der Waals surface area contributed by atoms with Crippen LogP contribution in [0, 0.1) is 0 Å². The van der Waals surface area contributed by atoms with Gasteiger partial charge in [0.25, 0.3) is 6.01 Å². The van der Waals surface area contributed by atoms with Crippen molar-refractivity contribution >= 4 is 0 Å². The Morgan fingerprint density at radius 1 is 1.12 bits per heavy atom. The van der Waals surface area contributed by atoms with Gasteiger partial charge in [-0.1, -0.05) is 32.9 Å². The predicted octanol–water partition coefficient (Wildman–Crippen LogP) is 3.48. The molecule has 0 amide bonds. The zero-order chi connectivity index (χ0) is 18.1. The molecule has 0 saturated carbocycles. The lowest BCUT2D eigenvalue weighted by Crippen LogP contribution is -2.23. The molecule has 1 aliphatic rings. The van der Waals surface area contributed by atoms with Crippen LogP contribution >= 0.6 is 0 Å². The van der Waals surface area contributed by atoms with Gasteiger partial charge >= 0.3 is 0 Å². The van der Waals surface area contributed by atoms with E-state index >= 15 is 0 Å². The molecule has 0 radical (unpaired) electrons. The Bertz CT molecular complexity index is 882. The van der Waals surface area contributed by atoms with Crippen molar-refractivity contribution in [3.63, 3.8) is 0 Å². The topological polar surface area (TPSA) is 62.1 Å². The molecule has 0 fully saturated rings. The van der Waals surface area contributed by atoms with Crippen LogP contribution in [0.2, 0.25) is 0 Å². The fraction of sp³-hybridized carbons (Fsp3) is 0.350. The minimum Gasteiger partial charge on any atom is -0.490 e. The van der Waals surface area contributed by atoms with Crippen LogP contribution in [0.4, 0.5) is 0 Å². The summed E-state index contributed by atoms with van der Waals surface area (Å²) in [5.74, 6) is 0.852. The second-order valence-electron chi connectivity index (χ2n) is 7.49. The quantitative estimate of drug-likeness (QED) is 0.721. The summed E-state index contributed by atoms with van der Waals surface area (Å²) in [6.07, 6.45) is 5.14. The first-order valence-electron chi connectivity index (χ1n) is 8.73. The van der Waals surface area contributed by atoms with Crippen molar-refractivity contribution in [3.8, 4) is 23.0 Å². The molecule has 4 rings (SSSR count). The van der Waals surface area contributed by atoms with Crippen LogP contribution in [0.3, 0.4) is 0 Å². The van der Waals surface area contributed by atoms with E-state index < -0.39 is 0 Å². The molecule has 0 bridgehead atoms. The van der Waals surface area contributed by atoms with Gasteiger partial charge in [0.1, 0.15) is 12.4 Å². The minimum atomic E-state index is -0.0606. The third-order valence-electron chi connectivity index (χ3n) is 4.51. The van der Waals surface area contributed by atoms with Crippen molar-refractivity contribution in [1.29, 1.82) is 0 Å². The smallest absolute Gasteiger partial charge is 0.297 e. The minimum absolute atomic E-state index is 0.0606. The Hall–Kier alpha value is -2.89. The molecule has 6 nitrogen and oxygen atoms in total. The summed E-state index contributed by atoms with van der Waals surface area (Å²) in [6.45, 7) is 7.78. The summed E-state index contributed by atoms with van der Waals surface area (Å²) in [7, 11) is 0. The van der Waals surface area contributed by atoms with E-state index in [2.05, 4.69) is 48.1 Å². The fourth-order valence-corrected chi connectivity index (χ4v) is 3.02. The molecule has 0 N–H and O–H groups in total. The van der Waals surface area contributed by atoms with E-state index in [1.807, 2.05) is 22.8 Å². The normalized spacial score (nSPS) is 16.2. The van der Waals surface area contributed by atoms with Gasteiger partial charge in [-0.25, -0.2) is 4.98 Å². The molecule has 1 aromatic carbocycles. The van der Waals surface area contributed by atoms with Gasteiger partial charge in [-0.3, -0.25) is 4.57 Å². The summed E-state index contributed by atoms with van der Waals surface area (Å²) in [5.41, 5.74) is 3.38. The van der Waals surface area contributed by atoms with Crippen LogP contribution in [-0.4, -0.2) is 32.5 Å². The lowest BCUT2D eigenvalue weighted by Gasteiger charge is -2.19. The van der Waals surface area contributed by atoms with Crippen LogP contribution in [0.5, 0.6) is 11.8 Å². The molecule has 1 aliphatic heterocycles. The van der Waals surface area contributed by atoms with E-state index in [0.29, 0.717) is 19.2 Å². The molecule has 0 saturated heterocycles. The van der Waals surface area contributed by atoms with Crippen molar-refractivity contribution in [2.75, 3.05) is 6.61 Å². The molecule has 1 atom stereocenters. The zero-order valence-electron chi connectivity index (χ0n) is 15.2. The molecule has 6 heteroatoms. The van der Waals surface area contributed by atoms with Gasteiger partial charge in [0.2, 0.25) is 0 Å². The Labute approximate surface area is 152 Å². The van der Waals surface area contributed by atoms with Crippen LogP contribution < -0.4 is 9.47 Å². The third kappa shape index (κ3) is 3.27. The maximum Gasteiger partial charge on any atom is 0.297 e. The number of aromatic nitrogens is 4. The summed E-state index contributed by atoms with van der Waals surface area (Å²) in [6, 6.07) is 10.8. The van der Waals surface area contributed by atoms with Crippen molar-refractivity contribution in [1.82, 2.24) is 19.7 Å². The molecule has 3 heterocycles. The first kappa shape index (κ1) is 16.6. The van der Waals surface area contributed by atoms with E-state index in [0.717, 1.165) is 17.0 Å². The van der Waals surface area contributed by atoms with E-state index in [-0.39, 0.29) is 11.5 Å². The van der Waals surface area contributed by atoms with Gasteiger partial charge < -0.3 is 9.47 Å². The molecular weight excluding hydrogens is 328 g/mol. The van der Waals surface area contributed by atoms with Crippen LogP contribution in [0.15, 0.2) is 48.9 Å². The van der Waals surface area contributed by atoms with Crippen LogP contribution in [0.25, 0.3) is 11.3 Å². The number of hydrogen-bond acceptors (Lipinski definition) is 5. The largest absolute Gasteiger partial charge is 0.490 e. The molecule has 0 unspecified atom stereocenters. The van der Waals surface area contributed by atoms with Crippen LogP contribution in [0.1, 0.15) is 26.3 Å². The van der Waals surface area contributed by atoms with Gasteiger partial charge in [0, 0.05) is 5.56 Å². The molecule has 0 aliphatic carbocycles. The van der Waals surface area contributed by atoms with E-state index in [9.17, 15) is 0 Å². The predicted molar refractivity (Wildman–Crippen MR) is 98.3 cm³/mol. The SMILES string of the molecule is CC(C)(C)c1ccc(OC[C@@H]2Cn3c(-c4ccnnc4)cnc3O2)cc1. The Morgan fingerprint density at radius 2 is 1.92 bits per heavy atom.